The van der Waals surface area contributed by atoms with Crippen molar-refractivity contribution in [1.82, 2.24) is 10.3 Å². The maximum atomic E-state index is 12.4. The highest BCUT2D eigenvalue weighted by atomic mass is 32.2. The highest BCUT2D eigenvalue weighted by Gasteiger charge is 2.19. The van der Waals surface area contributed by atoms with E-state index >= 15 is 0 Å². The first-order chi connectivity index (χ1) is 10.8. The van der Waals surface area contributed by atoms with E-state index in [-0.39, 0.29) is 22.3 Å². The number of sulfonamides is 1. The topological polar surface area (TPSA) is 111 Å². The summed E-state index contributed by atoms with van der Waals surface area (Å²) in [5.41, 5.74) is 0.967. The fraction of sp³-hybridized carbons (Fsp3) is 0.200. The minimum Gasteiger partial charge on any atom is -0.496 e. The Morgan fingerprint density at radius 3 is 2.48 bits per heavy atom. The van der Waals surface area contributed by atoms with Crippen molar-refractivity contribution < 1.29 is 17.9 Å². The van der Waals surface area contributed by atoms with Gasteiger partial charge >= 0.3 is 0 Å². The van der Waals surface area contributed by atoms with Crippen molar-refractivity contribution in [2.45, 2.75) is 17.9 Å². The van der Waals surface area contributed by atoms with Crippen molar-refractivity contribution in [2.75, 3.05) is 7.11 Å². The van der Waals surface area contributed by atoms with E-state index < -0.39 is 15.9 Å². The molecule has 2 rings (SSSR count). The summed E-state index contributed by atoms with van der Waals surface area (Å²) in [6.45, 7) is 1.81. The molecule has 0 saturated carbocycles. The third-order valence-corrected chi connectivity index (χ3v) is 4.21. The Kier molecular flexibility index (Phi) is 4.97. The summed E-state index contributed by atoms with van der Waals surface area (Å²) in [5, 5.41) is 7.89. The fourth-order valence-electron chi connectivity index (χ4n) is 2.05. The largest absolute Gasteiger partial charge is 0.496 e. The van der Waals surface area contributed by atoms with Crippen LogP contribution in [0.5, 0.6) is 5.75 Å². The Hall–Kier alpha value is -2.45. The molecule has 0 aliphatic carbocycles. The molecule has 0 fully saturated rings. The number of hydrogen-bond acceptors (Lipinski definition) is 5. The summed E-state index contributed by atoms with van der Waals surface area (Å²) in [5.74, 6) is -0.200. The molecule has 122 valence electrons. The summed E-state index contributed by atoms with van der Waals surface area (Å²) in [6.07, 6.45) is 3.25. The molecule has 8 heteroatoms. The first-order valence-electron chi connectivity index (χ1n) is 6.74. The van der Waals surface area contributed by atoms with Crippen molar-refractivity contribution >= 4 is 15.9 Å². The van der Waals surface area contributed by atoms with Crippen molar-refractivity contribution in [1.29, 1.82) is 0 Å². The number of rotatable bonds is 5. The maximum absolute atomic E-state index is 12.4. The van der Waals surface area contributed by atoms with Crippen LogP contribution in [0.4, 0.5) is 0 Å². The summed E-state index contributed by atoms with van der Waals surface area (Å²) in [4.78, 5) is 16.2. The number of nitrogens with one attached hydrogen (secondary N) is 1. The first-order valence-corrected chi connectivity index (χ1v) is 8.29. The normalized spacial score (nSPS) is 12.5. The van der Waals surface area contributed by atoms with Crippen LogP contribution < -0.4 is 15.2 Å². The van der Waals surface area contributed by atoms with Crippen LogP contribution in [0.3, 0.4) is 0 Å². The number of methoxy groups -OCH3 is 1. The molecular weight excluding hydrogens is 318 g/mol. The third kappa shape index (κ3) is 4.05. The molecule has 0 aliphatic heterocycles. The van der Waals surface area contributed by atoms with Gasteiger partial charge in [0.05, 0.1) is 23.6 Å². The number of pyridine rings is 1. The van der Waals surface area contributed by atoms with E-state index in [1.807, 2.05) is 6.92 Å². The second kappa shape index (κ2) is 6.76. The van der Waals surface area contributed by atoms with Crippen LogP contribution >= 0.6 is 0 Å². The molecule has 3 N–H and O–H groups in total. The van der Waals surface area contributed by atoms with Crippen LogP contribution in [0.15, 0.2) is 47.6 Å². The molecular formula is C15H17N3O4S. The third-order valence-electron chi connectivity index (χ3n) is 3.30. The SMILES string of the molecule is COc1ccc(S(N)(=O)=O)cc1C(=O)N[C@H](C)c1ccncc1. The standard InChI is InChI=1S/C15H17N3O4S/c1-10(11-5-7-17-8-6-11)18-15(19)13-9-12(23(16,20)21)3-4-14(13)22-2/h3-10H,1-2H3,(H,18,19)(H2,16,20,21)/t10-/m1/s1. The number of benzene rings is 1. The van der Waals surface area contributed by atoms with Gasteiger partial charge < -0.3 is 10.1 Å². The van der Waals surface area contributed by atoms with Gasteiger partial charge in [-0.05, 0) is 42.8 Å². The Morgan fingerprint density at radius 2 is 1.91 bits per heavy atom. The zero-order valence-electron chi connectivity index (χ0n) is 12.7. The molecule has 1 amide bonds. The fourth-order valence-corrected chi connectivity index (χ4v) is 2.59. The number of amides is 1. The highest BCUT2D eigenvalue weighted by Crippen LogP contribution is 2.23. The number of carbonyl (C=O) groups excluding carboxylic acids is 1. The predicted octanol–water partition coefficient (Wildman–Crippen LogP) is 1.23. The number of nitrogens with two attached hydrogens (primary N) is 1. The minimum atomic E-state index is -3.91. The Balaban J connectivity index is 2.31. The summed E-state index contributed by atoms with van der Waals surface area (Å²) < 4.78 is 28.0. The monoisotopic (exact) mass is 335 g/mol. The van der Waals surface area contributed by atoms with E-state index in [1.54, 1.807) is 24.5 Å². The second-order valence-corrected chi connectivity index (χ2v) is 6.44. The molecule has 0 radical (unpaired) electrons. The van der Waals surface area contributed by atoms with Gasteiger partial charge in [-0.1, -0.05) is 0 Å². The summed E-state index contributed by atoms with van der Waals surface area (Å²) >= 11 is 0. The van der Waals surface area contributed by atoms with E-state index in [1.165, 1.54) is 25.3 Å². The average molecular weight is 335 g/mol. The van der Waals surface area contributed by atoms with Gasteiger partial charge in [-0.15, -0.1) is 0 Å². The van der Waals surface area contributed by atoms with Crippen LogP contribution in [0.2, 0.25) is 0 Å². The molecule has 23 heavy (non-hydrogen) atoms. The van der Waals surface area contributed by atoms with E-state index in [0.29, 0.717) is 0 Å². The molecule has 1 heterocycles. The van der Waals surface area contributed by atoms with Gasteiger partial charge in [0.25, 0.3) is 5.91 Å². The van der Waals surface area contributed by atoms with Crippen LogP contribution in [0.25, 0.3) is 0 Å². The predicted molar refractivity (Wildman–Crippen MR) is 84.5 cm³/mol. The van der Waals surface area contributed by atoms with E-state index in [4.69, 9.17) is 9.88 Å². The molecule has 1 aromatic carbocycles. The quantitative estimate of drug-likeness (QED) is 0.853. The number of ether oxygens (including phenoxy) is 1. The lowest BCUT2D eigenvalue weighted by atomic mass is 10.1. The molecule has 2 aromatic rings. The molecule has 0 spiro atoms. The Bertz CT molecular complexity index is 807. The zero-order valence-corrected chi connectivity index (χ0v) is 13.5. The van der Waals surface area contributed by atoms with Crippen molar-refractivity contribution in [2.24, 2.45) is 5.14 Å². The number of aromatic nitrogens is 1. The minimum absolute atomic E-state index is 0.0972. The number of hydrogen-bond donors (Lipinski definition) is 2. The van der Waals surface area contributed by atoms with Gasteiger partial charge in [0.2, 0.25) is 10.0 Å². The molecule has 0 saturated heterocycles. The van der Waals surface area contributed by atoms with Gasteiger partial charge in [-0.25, -0.2) is 13.6 Å². The van der Waals surface area contributed by atoms with Gasteiger partial charge in [-0.3, -0.25) is 9.78 Å². The smallest absolute Gasteiger partial charge is 0.255 e. The molecule has 1 atom stereocenters. The van der Waals surface area contributed by atoms with Crippen molar-refractivity contribution in [3.63, 3.8) is 0 Å². The Morgan fingerprint density at radius 1 is 1.26 bits per heavy atom. The number of primary sulfonamides is 1. The average Bonchev–Trinajstić information content (AvgIpc) is 2.54. The lowest BCUT2D eigenvalue weighted by Gasteiger charge is -2.16. The molecule has 0 aliphatic rings. The van der Waals surface area contributed by atoms with Gasteiger partial charge in [0.1, 0.15) is 5.75 Å². The summed E-state index contributed by atoms with van der Waals surface area (Å²) in [6, 6.07) is 7.16. The zero-order chi connectivity index (χ0) is 17.0. The van der Waals surface area contributed by atoms with Gasteiger partial charge in [0.15, 0.2) is 0 Å². The van der Waals surface area contributed by atoms with Gasteiger partial charge in [-0.2, -0.15) is 0 Å². The second-order valence-electron chi connectivity index (χ2n) is 4.88. The van der Waals surface area contributed by atoms with Crippen LogP contribution in [-0.4, -0.2) is 26.4 Å². The number of carbonyl (C=O) groups is 1. The van der Waals surface area contributed by atoms with Crippen LogP contribution in [-0.2, 0) is 10.0 Å². The lowest BCUT2D eigenvalue weighted by molar-refractivity contribution is 0.0936. The van der Waals surface area contributed by atoms with Gasteiger partial charge in [0, 0.05) is 12.4 Å². The molecule has 0 unspecified atom stereocenters. The van der Waals surface area contributed by atoms with E-state index in [0.717, 1.165) is 5.56 Å². The van der Waals surface area contributed by atoms with Crippen molar-refractivity contribution in [3.8, 4) is 5.75 Å². The molecule has 7 nitrogen and oxygen atoms in total. The van der Waals surface area contributed by atoms with Crippen LogP contribution in [0, 0.1) is 0 Å². The van der Waals surface area contributed by atoms with Crippen LogP contribution in [0.1, 0.15) is 28.9 Å². The van der Waals surface area contributed by atoms with Crippen molar-refractivity contribution in [3.05, 3.63) is 53.9 Å². The van der Waals surface area contributed by atoms with E-state index in [2.05, 4.69) is 10.3 Å². The maximum Gasteiger partial charge on any atom is 0.255 e. The lowest BCUT2D eigenvalue weighted by Crippen LogP contribution is -2.27. The highest BCUT2D eigenvalue weighted by molar-refractivity contribution is 7.89. The molecule has 0 bridgehead atoms. The first kappa shape index (κ1) is 16.9. The van der Waals surface area contributed by atoms with E-state index in [9.17, 15) is 13.2 Å². The molecule has 1 aromatic heterocycles. The number of nitrogens with zero attached hydrogens (tertiary/aromatic N) is 1. The Labute approximate surface area is 134 Å². The summed E-state index contributed by atoms with van der Waals surface area (Å²) in [7, 11) is -2.51.